The molecule has 32 heavy (non-hydrogen) atoms. The summed E-state index contributed by atoms with van der Waals surface area (Å²) in [5.41, 5.74) is 1.60. The minimum atomic E-state index is -0.836. The number of hydrogen-bond donors (Lipinski definition) is 0. The lowest BCUT2D eigenvalue weighted by atomic mass is 10.1. The number of benzene rings is 3. The Morgan fingerprint density at radius 3 is 2.66 bits per heavy atom. The molecule has 0 amide bonds. The van der Waals surface area contributed by atoms with E-state index in [0.29, 0.717) is 22.3 Å². The zero-order valence-electron chi connectivity index (χ0n) is 16.7. The van der Waals surface area contributed by atoms with Gasteiger partial charge in [0.2, 0.25) is 12.1 Å². The fourth-order valence-corrected chi connectivity index (χ4v) is 3.58. The third-order valence-corrected chi connectivity index (χ3v) is 5.09. The fraction of sp³-hybridized carbons (Fsp3) is 0.120. The number of ether oxygens (including phenoxy) is 3. The van der Waals surface area contributed by atoms with Crippen molar-refractivity contribution in [3.63, 3.8) is 0 Å². The molecule has 0 saturated carbocycles. The van der Waals surface area contributed by atoms with Gasteiger partial charge in [-0.15, -0.1) is 0 Å². The van der Waals surface area contributed by atoms with E-state index in [4.69, 9.17) is 18.6 Å². The van der Waals surface area contributed by atoms with Crippen LogP contribution < -0.4 is 10.2 Å². The lowest BCUT2D eigenvalue weighted by molar-refractivity contribution is -0.112. The summed E-state index contributed by atoms with van der Waals surface area (Å²) in [5.74, 6) is -1.17. The number of carbonyl (C=O) groups is 1. The summed E-state index contributed by atoms with van der Waals surface area (Å²) in [6.45, 7) is -0.121. The van der Waals surface area contributed by atoms with Crippen LogP contribution in [0.5, 0.6) is 5.75 Å². The number of halogens is 1. The van der Waals surface area contributed by atoms with Crippen molar-refractivity contribution in [2.45, 2.75) is 19.5 Å². The Hall–Kier alpha value is -3.97. The summed E-state index contributed by atoms with van der Waals surface area (Å²) >= 11 is 0. The summed E-state index contributed by atoms with van der Waals surface area (Å²) in [7, 11) is 0. The van der Waals surface area contributed by atoms with Crippen LogP contribution in [-0.4, -0.2) is 5.97 Å². The highest BCUT2D eigenvalue weighted by Crippen LogP contribution is 2.37. The summed E-state index contributed by atoms with van der Waals surface area (Å²) in [6, 6.07) is 19.6. The van der Waals surface area contributed by atoms with Crippen LogP contribution in [0.15, 0.2) is 82.0 Å². The number of para-hydroxylation sites is 1. The molecular weight excluding hydrogens is 415 g/mol. The molecule has 0 radical (unpaired) electrons. The second-order valence-corrected chi connectivity index (χ2v) is 7.27. The van der Waals surface area contributed by atoms with E-state index in [1.165, 1.54) is 12.1 Å². The number of hydrogen-bond acceptors (Lipinski definition) is 6. The standard InChI is InChI=1S/C25H17FO6/c26-18-10-16(23-17(11-18)14-30-25(32-23)15-6-2-1-3-7-15)13-29-24(28)22-12-20(27)19-8-4-5-9-21(19)31-22/h1-12,25H,13-14H2/t25-/m1/s1. The molecule has 4 aromatic rings. The van der Waals surface area contributed by atoms with Crippen LogP contribution in [0.4, 0.5) is 4.39 Å². The van der Waals surface area contributed by atoms with Crippen LogP contribution in [0, 0.1) is 5.82 Å². The topological polar surface area (TPSA) is 75.0 Å². The van der Waals surface area contributed by atoms with Gasteiger partial charge in [0, 0.05) is 22.8 Å². The first-order chi connectivity index (χ1) is 15.6. The van der Waals surface area contributed by atoms with Gasteiger partial charge in [0.05, 0.1) is 12.0 Å². The molecule has 1 aliphatic heterocycles. The molecule has 0 aliphatic carbocycles. The SMILES string of the molecule is O=C(OCc1cc(F)cc2c1O[C@H](c1ccccc1)OC2)c1cc(=O)c2ccccc2o1. The van der Waals surface area contributed by atoms with Crippen LogP contribution in [-0.2, 0) is 22.7 Å². The van der Waals surface area contributed by atoms with Crippen LogP contribution in [0.1, 0.15) is 33.5 Å². The molecule has 0 N–H and O–H groups in total. The van der Waals surface area contributed by atoms with Gasteiger partial charge < -0.3 is 18.6 Å². The van der Waals surface area contributed by atoms with Gasteiger partial charge >= 0.3 is 5.97 Å². The van der Waals surface area contributed by atoms with E-state index in [9.17, 15) is 14.0 Å². The van der Waals surface area contributed by atoms with Gasteiger partial charge in [-0.3, -0.25) is 4.79 Å². The van der Waals surface area contributed by atoms with Crippen LogP contribution in [0.3, 0.4) is 0 Å². The monoisotopic (exact) mass is 432 g/mol. The van der Waals surface area contributed by atoms with Gasteiger partial charge in [0.25, 0.3) is 0 Å². The van der Waals surface area contributed by atoms with Crippen molar-refractivity contribution in [2.24, 2.45) is 0 Å². The second kappa shape index (κ2) is 8.28. The van der Waals surface area contributed by atoms with E-state index in [0.717, 1.165) is 11.6 Å². The van der Waals surface area contributed by atoms with Crippen molar-refractivity contribution in [3.05, 3.63) is 111 Å². The smallest absolute Gasteiger partial charge is 0.374 e. The van der Waals surface area contributed by atoms with Gasteiger partial charge in [-0.25, -0.2) is 9.18 Å². The van der Waals surface area contributed by atoms with Gasteiger partial charge in [0.15, 0.2) is 5.43 Å². The quantitative estimate of drug-likeness (QED) is 0.427. The molecule has 6 nitrogen and oxygen atoms in total. The summed E-state index contributed by atoms with van der Waals surface area (Å²) in [5, 5.41) is 0.364. The minimum Gasteiger partial charge on any atom is -0.460 e. The highest BCUT2D eigenvalue weighted by atomic mass is 19.1. The highest BCUT2D eigenvalue weighted by molar-refractivity contribution is 5.88. The molecule has 0 spiro atoms. The molecule has 1 atom stereocenters. The minimum absolute atomic E-state index is 0.146. The number of rotatable bonds is 4. The molecule has 2 heterocycles. The van der Waals surface area contributed by atoms with Crippen LogP contribution in [0.25, 0.3) is 11.0 Å². The molecule has 0 fully saturated rings. The van der Waals surface area contributed by atoms with Gasteiger partial charge in [-0.1, -0.05) is 42.5 Å². The zero-order valence-corrected chi connectivity index (χ0v) is 16.7. The highest BCUT2D eigenvalue weighted by Gasteiger charge is 2.26. The normalized spacial score (nSPS) is 15.1. The average Bonchev–Trinajstić information content (AvgIpc) is 2.82. The van der Waals surface area contributed by atoms with Crippen molar-refractivity contribution in [2.75, 3.05) is 0 Å². The molecule has 5 rings (SSSR count). The van der Waals surface area contributed by atoms with E-state index in [1.54, 1.807) is 24.3 Å². The lowest BCUT2D eigenvalue weighted by Crippen LogP contribution is -2.20. The van der Waals surface area contributed by atoms with Crippen LogP contribution >= 0.6 is 0 Å². The fourth-order valence-electron chi connectivity index (χ4n) is 3.58. The van der Waals surface area contributed by atoms with E-state index in [-0.39, 0.29) is 30.0 Å². The largest absolute Gasteiger partial charge is 0.460 e. The molecule has 7 heteroatoms. The maximum Gasteiger partial charge on any atom is 0.374 e. The Morgan fingerprint density at radius 1 is 1.03 bits per heavy atom. The third-order valence-electron chi connectivity index (χ3n) is 5.09. The second-order valence-electron chi connectivity index (χ2n) is 7.27. The Labute approximate surface area is 181 Å². The Balaban J connectivity index is 1.39. The van der Waals surface area contributed by atoms with Crippen LogP contribution in [0.2, 0.25) is 0 Å². The molecule has 1 aliphatic rings. The zero-order chi connectivity index (χ0) is 22.1. The van der Waals surface area contributed by atoms with E-state index < -0.39 is 18.1 Å². The number of esters is 1. The summed E-state index contributed by atoms with van der Waals surface area (Å²) in [6.07, 6.45) is -0.665. The van der Waals surface area contributed by atoms with Crippen molar-refractivity contribution in [1.82, 2.24) is 0 Å². The molecule has 0 bridgehead atoms. The van der Waals surface area contributed by atoms with Gasteiger partial charge in [0.1, 0.15) is 23.8 Å². The Bertz CT molecular complexity index is 1360. The van der Waals surface area contributed by atoms with Crippen molar-refractivity contribution in [1.29, 1.82) is 0 Å². The average molecular weight is 432 g/mol. The molecule has 3 aromatic carbocycles. The van der Waals surface area contributed by atoms with Gasteiger partial charge in [-0.2, -0.15) is 0 Å². The van der Waals surface area contributed by atoms with Gasteiger partial charge in [-0.05, 0) is 24.3 Å². The lowest BCUT2D eigenvalue weighted by Gasteiger charge is -2.28. The number of carbonyl (C=O) groups excluding carboxylic acids is 1. The molecule has 0 unspecified atom stereocenters. The van der Waals surface area contributed by atoms with E-state index in [1.807, 2.05) is 30.3 Å². The maximum absolute atomic E-state index is 14.1. The first-order valence-electron chi connectivity index (χ1n) is 9.93. The number of fused-ring (bicyclic) bond motifs is 2. The van der Waals surface area contributed by atoms with E-state index in [2.05, 4.69) is 0 Å². The van der Waals surface area contributed by atoms with Crippen molar-refractivity contribution in [3.8, 4) is 5.75 Å². The predicted octanol–water partition coefficient (Wildman–Crippen LogP) is 4.90. The molecule has 0 saturated heterocycles. The van der Waals surface area contributed by atoms with Crippen molar-refractivity contribution < 1.29 is 27.8 Å². The first-order valence-corrected chi connectivity index (χ1v) is 9.93. The molecular formula is C25H17FO6. The third kappa shape index (κ3) is 3.86. The maximum atomic E-state index is 14.1. The Morgan fingerprint density at radius 2 is 1.81 bits per heavy atom. The Kier molecular flexibility index (Phi) is 5.17. The predicted molar refractivity (Wildman–Crippen MR) is 113 cm³/mol. The summed E-state index contributed by atoms with van der Waals surface area (Å²) in [4.78, 5) is 24.8. The summed E-state index contributed by atoms with van der Waals surface area (Å²) < 4.78 is 36.6. The molecule has 1 aromatic heterocycles. The first kappa shape index (κ1) is 20.0. The van der Waals surface area contributed by atoms with Crippen molar-refractivity contribution >= 4 is 16.9 Å². The molecule has 160 valence electrons. The van der Waals surface area contributed by atoms with E-state index >= 15 is 0 Å².